The molecule has 0 spiro atoms. The van der Waals surface area contributed by atoms with Crippen molar-refractivity contribution in [2.75, 3.05) is 6.54 Å². The van der Waals surface area contributed by atoms with Gasteiger partial charge in [0.25, 0.3) is 5.91 Å². The molecular formula is C11H15N3O4. The Bertz CT molecular complexity index is 450. The number of aliphatic hydroxyl groups is 2. The molecule has 7 nitrogen and oxygen atoms in total. The number of carbonyl (C=O) groups is 2. The summed E-state index contributed by atoms with van der Waals surface area (Å²) in [7, 11) is 0. The largest absolute Gasteiger partial charge is 0.388 e. The van der Waals surface area contributed by atoms with Gasteiger partial charge in [-0.25, -0.2) is 4.98 Å². The van der Waals surface area contributed by atoms with Crippen molar-refractivity contribution in [2.24, 2.45) is 5.73 Å². The standard InChI is InChI=1S/C11H15N3O4/c1-6(15)13-5-9(16)10(17)7-3-2-4-8(14-7)11(12)18/h2-4,9-10,16-17H,5H2,1H3,(H2,12,18)(H,13,15). The van der Waals surface area contributed by atoms with E-state index in [1.165, 1.54) is 25.1 Å². The molecule has 1 heterocycles. The van der Waals surface area contributed by atoms with Crippen molar-refractivity contribution in [3.8, 4) is 0 Å². The molecule has 1 rings (SSSR count). The first-order valence-corrected chi connectivity index (χ1v) is 5.29. The quantitative estimate of drug-likeness (QED) is 0.519. The summed E-state index contributed by atoms with van der Waals surface area (Å²) in [5, 5.41) is 21.8. The van der Waals surface area contributed by atoms with Gasteiger partial charge in [-0.15, -0.1) is 0 Å². The zero-order valence-corrected chi connectivity index (χ0v) is 9.83. The number of hydrogen-bond donors (Lipinski definition) is 4. The monoisotopic (exact) mass is 253 g/mol. The van der Waals surface area contributed by atoms with E-state index in [1.807, 2.05) is 0 Å². The molecule has 2 unspecified atom stereocenters. The van der Waals surface area contributed by atoms with Gasteiger partial charge >= 0.3 is 0 Å². The van der Waals surface area contributed by atoms with Gasteiger partial charge in [0.05, 0.1) is 5.69 Å². The maximum absolute atomic E-state index is 10.9. The number of nitrogens with two attached hydrogens (primary N) is 1. The Kier molecular flexibility index (Phi) is 4.75. The first kappa shape index (κ1) is 14.1. The van der Waals surface area contributed by atoms with Crippen LogP contribution in [0.4, 0.5) is 0 Å². The van der Waals surface area contributed by atoms with Crippen LogP contribution in [0.25, 0.3) is 0 Å². The summed E-state index contributed by atoms with van der Waals surface area (Å²) >= 11 is 0. The van der Waals surface area contributed by atoms with Gasteiger partial charge in [-0.1, -0.05) is 6.07 Å². The van der Waals surface area contributed by atoms with Crippen LogP contribution in [0.15, 0.2) is 18.2 Å². The minimum atomic E-state index is -1.31. The number of hydrogen-bond acceptors (Lipinski definition) is 5. The van der Waals surface area contributed by atoms with E-state index in [2.05, 4.69) is 10.3 Å². The number of aliphatic hydroxyl groups excluding tert-OH is 2. The summed E-state index contributed by atoms with van der Waals surface area (Å²) in [6.07, 6.45) is -2.53. The van der Waals surface area contributed by atoms with Gasteiger partial charge in [-0.2, -0.15) is 0 Å². The molecule has 2 amide bonds. The molecule has 0 fully saturated rings. The van der Waals surface area contributed by atoms with E-state index < -0.39 is 18.1 Å². The third-order valence-corrected chi connectivity index (χ3v) is 2.25. The first-order valence-electron chi connectivity index (χ1n) is 5.29. The van der Waals surface area contributed by atoms with E-state index in [9.17, 15) is 19.8 Å². The van der Waals surface area contributed by atoms with Crippen LogP contribution in [0.2, 0.25) is 0 Å². The highest BCUT2D eigenvalue weighted by atomic mass is 16.3. The predicted octanol–water partition coefficient (Wildman–Crippen LogP) is -1.29. The van der Waals surface area contributed by atoms with Crippen molar-refractivity contribution < 1.29 is 19.8 Å². The predicted molar refractivity (Wildman–Crippen MR) is 62.4 cm³/mol. The Morgan fingerprint density at radius 3 is 2.67 bits per heavy atom. The lowest BCUT2D eigenvalue weighted by molar-refractivity contribution is -0.119. The number of nitrogens with zero attached hydrogens (tertiary/aromatic N) is 1. The van der Waals surface area contributed by atoms with E-state index in [4.69, 9.17) is 5.73 Å². The van der Waals surface area contributed by atoms with Crippen LogP contribution in [0.1, 0.15) is 29.2 Å². The Morgan fingerprint density at radius 2 is 2.11 bits per heavy atom. The summed E-state index contributed by atoms with van der Waals surface area (Å²) in [5.74, 6) is -1.04. The number of nitrogens with one attached hydrogen (secondary N) is 1. The molecule has 0 radical (unpaired) electrons. The topological polar surface area (TPSA) is 126 Å². The maximum Gasteiger partial charge on any atom is 0.267 e. The highest BCUT2D eigenvalue weighted by Crippen LogP contribution is 2.14. The fourth-order valence-corrected chi connectivity index (χ4v) is 1.31. The van der Waals surface area contributed by atoms with Gasteiger partial charge < -0.3 is 21.3 Å². The van der Waals surface area contributed by atoms with Crippen molar-refractivity contribution in [3.63, 3.8) is 0 Å². The lowest BCUT2D eigenvalue weighted by atomic mass is 10.1. The van der Waals surface area contributed by atoms with E-state index in [0.29, 0.717) is 0 Å². The number of aromatic nitrogens is 1. The average Bonchev–Trinajstić information content (AvgIpc) is 2.35. The van der Waals surface area contributed by atoms with Gasteiger partial charge in [0.15, 0.2) is 0 Å². The number of pyridine rings is 1. The highest BCUT2D eigenvalue weighted by Gasteiger charge is 2.20. The molecule has 0 aromatic carbocycles. The number of amides is 2. The molecule has 7 heteroatoms. The third kappa shape index (κ3) is 3.79. The molecule has 0 aliphatic heterocycles. The van der Waals surface area contributed by atoms with Gasteiger partial charge in [-0.3, -0.25) is 9.59 Å². The molecule has 0 aliphatic rings. The SMILES string of the molecule is CC(=O)NCC(O)C(O)c1cccc(C(N)=O)n1. The highest BCUT2D eigenvalue weighted by molar-refractivity contribution is 5.90. The minimum absolute atomic E-state index is 0.00160. The Morgan fingerprint density at radius 1 is 1.44 bits per heavy atom. The molecule has 5 N–H and O–H groups in total. The van der Waals surface area contributed by atoms with E-state index in [0.717, 1.165) is 0 Å². The van der Waals surface area contributed by atoms with Crippen LogP contribution in [-0.2, 0) is 4.79 Å². The first-order chi connectivity index (χ1) is 8.41. The van der Waals surface area contributed by atoms with Crippen molar-refractivity contribution >= 4 is 11.8 Å². The van der Waals surface area contributed by atoms with Crippen LogP contribution < -0.4 is 11.1 Å². The molecule has 0 saturated heterocycles. The molecule has 18 heavy (non-hydrogen) atoms. The number of carbonyl (C=O) groups excluding carboxylic acids is 2. The molecule has 1 aromatic rings. The third-order valence-electron chi connectivity index (χ3n) is 2.25. The summed E-state index contributed by atoms with van der Waals surface area (Å²) in [6, 6.07) is 4.35. The molecule has 0 bridgehead atoms. The minimum Gasteiger partial charge on any atom is -0.388 e. The maximum atomic E-state index is 10.9. The second-order valence-corrected chi connectivity index (χ2v) is 3.76. The smallest absolute Gasteiger partial charge is 0.267 e. The Labute approximate surface area is 104 Å². The summed E-state index contributed by atoms with van der Waals surface area (Å²) in [6.45, 7) is 1.18. The second kappa shape index (κ2) is 6.08. The van der Waals surface area contributed by atoms with Crippen molar-refractivity contribution in [1.82, 2.24) is 10.3 Å². The zero-order valence-electron chi connectivity index (χ0n) is 9.83. The second-order valence-electron chi connectivity index (χ2n) is 3.76. The van der Waals surface area contributed by atoms with Gasteiger partial charge in [-0.05, 0) is 12.1 Å². The number of rotatable bonds is 5. The van der Waals surface area contributed by atoms with Crippen LogP contribution in [-0.4, -0.2) is 39.7 Å². The Balaban J connectivity index is 2.76. The molecule has 1 aromatic heterocycles. The zero-order chi connectivity index (χ0) is 13.7. The average molecular weight is 253 g/mol. The fraction of sp³-hybridized carbons (Fsp3) is 0.364. The van der Waals surface area contributed by atoms with E-state index in [1.54, 1.807) is 0 Å². The van der Waals surface area contributed by atoms with Crippen molar-refractivity contribution in [2.45, 2.75) is 19.1 Å². The molecule has 98 valence electrons. The molecule has 0 saturated carbocycles. The summed E-state index contributed by atoms with van der Waals surface area (Å²) in [4.78, 5) is 25.4. The normalized spacial score (nSPS) is 13.7. The lowest BCUT2D eigenvalue weighted by Gasteiger charge is -2.17. The molecule has 2 atom stereocenters. The fourth-order valence-electron chi connectivity index (χ4n) is 1.31. The summed E-state index contributed by atoms with van der Waals surface area (Å²) in [5.41, 5.74) is 5.17. The summed E-state index contributed by atoms with van der Waals surface area (Å²) < 4.78 is 0. The van der Waals surface area contributed by atoms with Crippen molar-refractivity contribution in [3.05, 3.63) is 29.6 Å². The van der Waals surface area contributed by atoms with E-state index in [-0.39, 0.29) is 23.8 Å². The van der Waals surface area contributed by atoms with Gasteiger partial charge in [0.2, 0.25) is 5.91 Å². The molecule has 0 aliphatic carbocycles. The lowest BCUT2D eigenvalue weighted by Crippen LogP contribution is -2.34. The van der Waals surface area contributed by atoms with Crippen LogP contribution in [0, 0.1) is 0 Å². The van der Waals surface area contributed by atoms with Crippen LogP contribution >= 0.6 is 0 Å². The number of primary amides is 1. The molecular weight excluding hydrogens is 238 g/mol. The van der Waals surface area contributed by atoms with Gasteiger partial charge in [0, 0.05) is 13.5 Å². The van der Waals surface area contributed by atoms with Crippen LogP contribution in [0.5, 0.6) is 0 Å². The van der Waals surface area contributed by atoms with Crippen LogP contribution in [0.3, 0.4) is 0 Å². The van der Waals surface area contributed by atoms with Gasteiger partial charge in [0.1, 0.15) is 17.9 Å². The Hall–Kier alpha value is -1.99. The van der Waals surface area contributed by atoms with Crippen molar-refractivity contribution in [1.29, 1.82) is 0 Å². The van der Waals surface area contributed by atoms with E-state index >= 15 is 0 Å².